The Morgan fingerprint density at radius 3 is 2.79 bits per heavy atom. The van der Waals surface area contributed by atoms with Gasteiger partial charge in [0.25, 0.3) is 5.56 Å². The zero-order valence-electron chi connectivity index (χ0n) is 15.2. The SMILES string of the molecule is Cc1cc(NC(=O)CSc2nc3c(cnn3-c3ccccc3)c(=O)[nH]2)n(C)n1. The number of amides is 1. The number of anilines is 1. The van der Waals surface area contributed by atoms with Crippen molar-refractivity contribution in [3.05, 3.63) is 58.6 Å². The van der Waals surface area contributed by atoms with E-state index in [1.165, 1.54) is 6.20 Å². The first-order valence-corrected chi connectivity index (χ1v) is 9.46. The van der Waals surface area contributed by atoms with E-state index in [9.17, 15) is 9.59 Å². The molecule has 0 aliphatic rings. The number of H-pyrrole nitrogens is 1. The molecule has 1 aromatic carbocycles. The van der Waals surface area contributed by atoms with Crippen LogP contribution in [0.4, 0.5) is 5.82 Å². The van der Waals surface area contributed by atoms with E-state index in [-0.39, 0.29) is 17.2 Å². The van der Waals surface area contributed by atoms with Crippen LogP contribution in [-0.2, 0) is 11.8 Å². The fourth-order valence-electron chi connectivity index (χ4n) is 2.77. The van der Waals surface area contributed by atoms with Crippen LogP contribution in [0.25, 0.3) is 16.7 Å². The molecule has 3 aromatic heterocycles. The predicted molar refractivity (Wildman–Crippen MR) is 107 cm³/mol. The smallest absolute Gasteiger partial charge is 0.262 e. The molecule has 0 saturated carbocycles. The normalized spacial score (nSPS) is 11.1. The number of para-hydroxylation sites is 1. The average Bonchev–Trinajstić information content (AvgIpc) is 3.24. The van der Waals surface area contributed by atoms with Gasteiger partial charge in [-0.15, -0.1) is 0 Å². The lowest BCUT2D eigenvalue weighted by molar-refractivity contribution is -0.113. The quantitative estimate of drug-likeness (QED) is 0.394. The van der Waals surface area contributed by atoms with Crippen LogP contribution >= 0.6 is 11.8 Å². The van der Waals surface area contributed by atoms with Gasteiger partial charge in [0.05, 0.1) is 23.3 Å². The summed E-state index contributed by atoms with van der Waals surface area (Å²) in [6.07, 6.45) is 1.49. The molecular formula is C18H17N7O2S. The first-order valence-electron chi connectivity index (χ1n) is 8.48. The van der Waals surface area contributed by atoms with Crippen molar-refractivity contribution in [2.75, 3.05) is 11.1 Å². The first kappa shape index (κ1) is 18.0. The number of nitrogens with zero attached hydrogens (tertiary/aromatic N) is 5. The van der Waals surface area contributed by atoms with Crippen LogP contribution in [0.1, 0.15) is 5.69 Å². The second-order valence-corrected chi connectivity index (χ2v) is 7.10. The third kappa shape index (κ3) is 3.54. The molecule has 0 radical (unpaired) electrons. The molecule has 4 aromatic rings. The van der Waals surface area contributed by atoms with Crippen LogP contribution in [0.5, 0.6) is 0 Å². The van der Waals surface area contributed by atoms with Gasteiger partial charge in [-0.2, -0.15) is 10.2 Å². The topological polar surface area (TPSA) is 110 Å². The van der Waals surface area contributed by atoms with Crippen LogP contribution in [-0.4, -0.2) is 41.2 Å². The van der Waals surface area contributed by atoms with E-state index >= 15 is 0 Å². The Kier molecular flexibility index (Phi) is 4.70. The first-order chi connectivity index (χ1) is 13.5. The fourth-order valence-corrected chi connectivity index (χ4v) is 3.42. The highest BCUT2D eigenvalue weighted by atomic mass is 32.2. The van der Waals surface area contributed by atoms with Crippen molar-refractivity contribution in [1.82, 2.24) is 29.5 Å². The Hall–Kier alpha value is -3.40. The Balaban J connectivity index is 1.55. The highest BCUT2D eigenvalue weighted by molar-refractivity contribution is 7.99. The fraction of sp³-hybridized carbons (Fsp3) is 0.167. The van der Waals surface area contributed by atoms with Gasteiger partial charge in [-0.05, 0) is 19.1 Å². The molecule has 28 heavy (non-hydrogen) atoms. The lowest BCUT2D eigenvalue weighted by Gasteiger charge is -2.06. The maximum atomic E-state index is 12.4. The summed E-state index contributed by atoms with van der Waals surface area (Å²) in [6, 6.07) is 11.2. The standard InChI is InChI=1S/C18H17N7O2S/c1-11-8-14(24(2)23-11)20-15(26)10-28-18-21-16-13(17(27)22-18)9-19-25(16)12-6-4-3-5-7-12/h3-9H,10H2,1-2H3,(H,20,26)(H,21,22,27). The van der Waals surface area contributed by atoms with Crippen molar-refractivity contribution >= 4 is 34.5 Å². The van der Waals surface area contributed by atoms with Crippen LogP contribution in [0.15, 0.2) is 52.5 Å². The van der Waals surface area contributed by atoms with Crippen molar-refractivity contribution < 1.29 is 4.79 Å². The molecule has 2 N–H and O–H groups in total. The van der Waals surface area contributed by atoms with Gasteiger partial charge in [-0.25, -0.2) is 9.67 Å². The van der Waals surface area contributed by atoms with Gasteiger partial charge in [0.2, 0.25) is 5.91 Å². The van der Waals surface area contributed by atoms with Crippen molar-refractivity contribution in [3.63, 3.8) is 0 Å². The molecule has 142 valence electrons. The number of aryl methyl sites for hydroxylation is 2. The second-order valence-electron chi connectivity index (χ2n) is 6.13. The number of thioether (sulfide) groups is 1. The summed E-state index contributed by atoms with van der Waals surface area (Å²) in [5, 5.41) is 12.0. The zero-order valence-corrected chi connectivity index (χ0v) is 16.0. The molecule has 3 heterocycles. The molecule has 0 bridgehead atoms. The number of aromatic nitrogens is 6. The summed E-state index contributed by atoms with van der Waals surface area (Å²) in [7, 11) is 1.76. The third-order valence-electron chi connectivity index (χ3n) is 4.03. The van der Waals surface area contributed by atoms with Gasteiger partial charge in [0, 0.05) is 13.1 Å². The lowest BCUT2D eigenvalue weighted by atomic mass is 10.3. The van der Waals surface area contributed by atoms with Crippen molar-refractivity contribution in [2.45, 2.75) is 12.1 Å². The van der Waals surface area contributed by atoms with Crippen molar-refractivity contribution in [3.8, 4) is 5.69 Å². The Labute approximate surface area is 163 Å². The number of fused-ring (bicyclic) bond motifs is 1. The number of benzene rings is 1. The molecule has 0 atom stereocenters. The summed E-state index contributed by atoms with van der Waals surface area (Å²) < 4.78 is 3.20. The Morgan fingerprint density at radius 1 is 1.29 bits per heavy atom. The van der Waals surface area contributed by atoms with Crippen LogP contribution in [0, 0.1) is 6.92 Å². The minimum atomic E-state index is -0.294. The van der Waals surface area contributed by atoms with Crippen LogP contribution in [0.3, 0.4) is 0 Å². The highest BCUT2D eigenvalue weighted by Crippen LogP contribution is 2.18. The Bertz CT molecular complexity index is 1210. The van der Waals surface area contributed by atoms with Crippen LogP contribution in [0.2, 0.25) is 0 Å². The monoisotopic (exact) mass is 395 g/mol. The number of nitrogens with one attached hydrogen (secondary N) is 2. The highest BCUT2D eigenvalue weighted by Gasteiger charge is 2.13. The molecular weight excluding hydrogens is 378 g/mol. The predicted octanol–water partition coefficient (Wildman–Crippen LogP) is 1.88. The number of carbonyl (C=O) groups is 1. The Morgan fingerprint density at radius 2 is 2.07 bits per heavy atom. The van der Waals surface area contributed by atoms with E-state index in [4.69, 9.17) is 0 Å². The number of rotatable bonds is 5. The summed E-state index contributed by atoms with van der Waals surface area (Å²) in [5.41, 5.74) is 1.77. The van der Waals surface area contributed by atoms with Gasteiger partial charge in [-0.3, -0.25) is 14.3 Å². The lowest BCUT2D eigenvalue weighted by Crippen LogP contribution is -2.17. The minimum Gasteiger partial charge on any atom is -0.310 e. The third-order valence-corrected chi connectivity index (χ3v) is 4.90. The molecule has 0 aliphatic heterocycles. The van der Waals surface area contributed by atoms with Crippen molar-refractivity contribution in [1.29, 1.82) is 0 Å². The molecule has 0 spiro atoms. The zero-order chi connectivity index (χ0) is 19.7. The summed E-state index contributed by atoms with van der Waals surface area (Å²) in [4.78, 5) is 31.8. The maximum absolute atomic E-state index is 12.4. The van der Waals surface area contributed by atoms with E-state index in [1.54, 1.807) is 22.5 Å². The molecule has 0 saturated heterocycles. The van der Waals surface area contributed by atoms with Crippen molar-refractivity contribution in [2.24, 2.45) is 7.05 Å². The maximum Gasteiger partial charge on any atom is 0.262 e. The number of aromatic amines is 1. The second kappa shape index (κ2) is 7.31. The van der Waals surface area contributed by atoms with Gasteiger partial charge in [0.1, 0.15) is 11.2 Å². The molecule has 0 aliphatic carbocycles. The van der Waals surface area contributed by atoms with E-state index in [0.717, 1.165) is 23.1 Å². The summed E-state index contributed by atoms with van der Waals surface area (Å²) >= 11 is 1.15. The molecule has 4 rings (SSSR count). The number of hydrogen-bond acceptors (Lipinski definition) is 6. The molecule has 10 heteroatoms. The molecule has 1 amide bonds. The van der Waals surface area contributed by atoms with E-state index in [0.29, 0.717) is 22.0 Å². The van der Waals surface area contributed by atoms with E-state index in [2.05, 4.69) is 25.5 Å². The minimum absolute atomic E-state index is 0.0954. The van der Waals surface area contributed by atoms with Gasteiger partial charge >= 0.3 is 0 Å². The largest absolute Gasteiger partial charge is 0.310 e. The molecule has 0 fully saturated rings. The summed E-state index contributed by atoms with van der Waals surface area (Å²) in [5.74, 6) is 0.493. The average molecular weight is 395 g/mol. The molecule has 9 nitrogen and oxygen atoms in total. The van der Waals surface area contributed by atoms with Gasteiger partial charge in [0.15, 0.2) is 10.8 Å². The van der Waals surface area contributed by atoms with E-state index < -0.39 is 0 Å². The van der Waals surface area contributed by atoms with Crippen LogP contribution < -0.4 is 10.9 Å². The van der Waals surface area contributed by atoms with Gasteiger partial charge < -0.3 is 10.3 Å². The number of carbonyl (C=O) groups excluding carboxylic acids is 1. The summed E-state index contributed by atoms with van der Waals surface area (Å²) in [6.45, 7) is 1.85. The van der Waals surface area contributed by atoms with E-state index in [1.807, 2.05) is 37.3 Å². The van der Waals surface area contributed by atoms with Gasteiger partial charge in [-0.1, -0.05) is 30.0 Å². The number of hydrogen-bond donors (Lipinski definition) is 2. The molecule has 0 unspecified atom stereocenters.